The maximum Gasteiger partial charge on any atom is 0.255 e. The van der Waals surface area contributed by atoms with E-state index in [9.17, 15) is 13.6 Å². The molecular formula is C28H27F2N3O2. The fourth-order valence-corrected chi connectivity index (χ4v) is 4.16. The monoisotopic (exact) mass is 475 g/mol. The molecule has 180 valence electrons. The molecule has 0 unspecified atom stereocenters. The number of carbonyl (C=O) groups is 1. The van der Waals surface area contributed by atoms with E-state index in [1.807, 2.05) is 19.9 Å². The van der Waals surface area contributed by atoms with Crippen LogP contribution in [-0.4, -0.2) is 37.2 Å². The average molecular weight is 476 g/mol. The van der Waals surface area contributed by atoms with Crippen LogP contribution in [0.15, 0.2) is 42.6 Å². The zero-order chi connectivity index (χ0) is 25.1. The minimum absolute atomic E-state index is 0.0278. The minimum Gasteiger partial charge on any atom is -0.378 e. The standard InChI is InChI=1S/C28H27F2N3O2/c1-5-25-27(33-8-10-35-11-9-33)14-20(16-31-25)22-15-26(24(30)12-18(22)4)32-28(34)19-6-7-23(29)21(13-19)17(2)3/h1,6-7,12-17H,8-11H2,2-4H3,(H,32,34). The lowest BCUT2D eigenvalue weighted by Crippen LogP contribution is -2.36. The van der Waals surface area contributed by atoms with Gasteiger partial charge in [0.1, 0.15) is 17.3 Å². The largest absolute Gasteiger partial charge is 0.378 e. The van der Waals surface area contributed by atoms with Gasteiger partial charge in [0.05, 0.1) is 24.6 Å². The molecule has 2 heterocycles. The van der Waals surface area contributed by atoms with Gasteiger partial charge < -0.3 is 15.0 Å². The van der Waals surface area contributed by atoms with Gasteiger partial charge in [0, 0.05) is 30.4 Å². The first kappa shape index (κ1) is 24.4. The van der Waals surface area contributed by atoms with Gasteiger partial charge in [-0.25, -0.2) is 13.8 Å². The topological polar surface area (TPSA) is 54.5 Å². The van der Waals surface area contributed by atoms with Crippen molar-refractivity contribution in [3.63, 3.8) is 0 Å². The van der Waals surface area contributed by atoms with Crippen LogP contribution in [0.5, 0.6) is 0 Å². The van der Waals surface area contributed by atoms with E-state index in [4.69, 9.17) is 11.2 Å². The van der Waals surface area contributed by atoms with E-state index in [0.717, 1.165) is 11.3 Å². The molecule has 35 heavy (non-hydrogen) atoms. The van der Waals surface area contributed by atoms with Gasteiger partial charge in [0.25, 0.3) is 5.91 Å². The van der Waals surface area contributed by atoms with Gasteiger partial charge in [0.15, 0.2) is 0 Å². The molecule has 1 aliphatic heterocycles. The van der Waals surface area contributed by atoms with Crippen LogP contribution in [0, 0.1) is 30.9 Å². The molecule has 5 nitrogen and oxygen atoms in total. The summed E-state index contributed by atoms with van der Waals surface area (Å²) in [7, 11) is 0. The second-order valence-electron chi connectivity index (χ2n) is 8.83. The van der Waals surface area contributed by atoms with Gasteiger partial charge in [-0.3, -0.25) is 4.79 Å². The highest BCUT2D eigenvalue weighted by Crippen LogP contribution is 2.32. The Morgan fingerprint density at radius 3 is 2.57 bits per heavy atom. The number of ether oxygens (including phenoxy) is 1. The number of hydrogen-bond acceptors (Lipinski definition) is 4. The van der Waals surface area contributed by atoms with Crippen LogP contribution in [0.4, 0.5) is 20.2 Å². The number of nitrogens with one attached hydrogen (secondary N) is 1. The minimum atomic E-state index is -0.563. The van der Waals surface area contributed by atoms with Crippen molar-refractivity contribution < 1.29 is 18.3 Å². The van der Waals surface area contributed by atoms with Crippen LogP contribution in [0.1, 0.15) is 46.9 Å². The number of morpholine rings is 1. The molecule has 1 fully saturated rings. The van der Waals surface area contributed by atoms with E-state index in [1.54, 1.807) is 19.2 Å². The molecule has 0 aliphatic carbocycles. The number of pyridine rings is 1. The second-order valence-corrected chi connectivity index (χ2v) is 8.83. The molecule has 0 radical (unpaired) electrons. The lowest BCUT2D eigenvalue weighted by atomic mass is 9.99. The highest BCUT2D eigenvalue weighted by atomic mass is 19.1. The van der Waals surface area contributed by atoms with Crippen molar-refractivity contribution in [3.8, 4) is 23.5 Å². The van der Waals surface area contributed by atoms with E-state index in [-0.39, 0.29) is 23.0 Å². The molecule has 7 heteroatoms. The smallest absolute Gasteiger partial charge is 0.255 e. The van der Waals surface area contributed by atoms with Crippen molar-refractivity contribution in [2.75, 3.05) is 36.5 Å². The number of hydrogen-bond donors (Lipinski definition) is 1. The van der Waals surface area contributed by atoms with Crippen molar-refractivity contribution in [2.45, 2.75) is 26.7 Å². The number of halogens is 2. The van der Waals surface area contributed by atoms with E-state index in [0.29, 0.717) is 48.7 Å². The van der Waals surface area contributed by atoms with Crippen LogP contribution in [0.25, 0.3) is 11.1 Å². The molecular weight excluding hydrogens is 448 g/mol. The highest BCUT2D eigenvalue weighted by molar-refractivity contribution is 6.04. The Balaban J connectivity index is 1.68. The summed E-state index contributed by atoms with van der Waals surface area (Å²) < 4.78 is 34.3. The number of aryl methyl sites for hydroxylation is 1. The number of nitrogens with zero attached hydrogens (tertiary/aromatic N) is 2. The fraction of sp³-hybridized carbons (Fsp3) is 0.286. The Kier molecular flexibility index (Phi) is 7.13. The molecule has 1 aliphatic rings. The Bertz CT molecular complexity index is 1310. The zero-order valence-corrected chi connectivity index (χ0v) is 20.0. The van der Waals surface area contributed by atoms with Crippen LogP contribution in [0.2, 0.25) is 0 Å². The molecule has 3 aromatic rings. The van der Waals surface area contributed by atoms with E-state index >= 15 is 0 Å². The molecule has 1 N–H and O–H groups in total. The molecule has 0 spiro atoms. The summed E-state index contributed by atoms with van der Waals surface area (Å²) >= 11 is 0. The Hall–Kier alpha value is -3.76. The lowest BCUT2D eigenvalue weighted by Gasteiger charge is -2.29. The van der Waals surface area contributed by atoms with E-state index < -0.39 is 11.7 Å². The Morgan fingerprint density at radius 2 is 1.89 bits per heavy atom. The van der Waals surface area contributed by atoms with Crippen molar-refractivity contribution in [2.24, 2.45) is 0 Å². The summed E-state index contributed by atoms with van der Waals surface area (Å²) in [4.78, 5) is 19.4. The molecule has 0 bridgehead atoms. The van der Waals surface area contributed by atoms with Crippen molar-refractivity contribution in [1.29, 1.82) is 0 Å². The van der Waals surface area contributed by atoms with Crippen LogP contribution >= 0.6 is 0 Å². The summed E-state index contributed by atoms with van der Waals surface area (Å²) in [5.74, 6) is 1.08. The van der Waals surface area contributed by atoms with E-state index in [2.05, 4.69) is 21.1 Å². The van der Waals surface area contributed by atoms with Gasteiger partial charge in [0.2, 0.25) is 0 Å². The molecule has 4 rings (SSSR count). The van der Waals surface area contributed by atoms with Gasteiger partial charge in [-0.15, -0.1) is 6.42 Å². The van der Waals surface area contributed by atoms with Gasteiger partial charge >= 0.3 is 0 Å². The van der Waals surface area contributed by atoms with E-state index in [1.165, 1.54) is 24.3 Å². The number of aromatic nitrogens is 1. The molecule has 1 saturated heterocycles. The third-order valence-electron chi connectivity index (χ3n) is 6.11. The SMILES string of the molecule is C#Cc1ncc(-c2cc(NC(=O)c3ccc(F)c(C(C)C)c3)c(F)cc2C)cc1N1CCOCC1. The highest BCUT2D eigenvalue weighted by Gasteiger charge is 2.19. The molecule has 0 saturated carbocycles. The average Bonchev–Trinajstić information content (AvgIpc) is 2.85. The molecule has 2 aromatic carbocycles. The van der Waals surface area contributed by atoms with Crippen LogP contribution in [0.3, 0.4) is 0 Å². The summed E-state index contributed by atoms with van der Waals surface area (Å²) in [5.41, 5.74) is 4.21. The Labute approximate surface area is 204 Å². The maximum atomic E-state index is 14.8. The number of anilines is 2. The third-order valence-corrected chi connectivity index (χ3v) is 6.11. The zero-order valence-electron chi connectivity index (χ0n) is 20.0. The van der Waals surface area contributed by atoms with Gasteiger partial charge in [-0.2, -0.15) is 0 Å². The third kappa shape index (κ3) is 5.18. The first-order valence-electron chi connectivity index (χ1n) is 11.5. The number of carbonyl (C=O) groups excluding carboxylic acids is 1. The summed E-state index contributed by atoms with van der Waals surface area (Å²) in [6.45, 7) is 8.07. The number of benzene rings is 2. The maximum absolute atomic E-state index is 14.8. The number of terminal acetylenes is 1. The normalized spacial score (nSPS) is 13.6. The number of rotatable bonds is 5. The van der Waals surface area contributed by atoms with Crippen LogP contribution in [-0.2, 0) is 4.74 Å². The summed E-state index contributed by atoms with van der Waals surface area (Å²) in [6.07, 6.45) is 7.33. The lowest BCUT2D eigenvalue weighted by molar-refractivity contribution is 0.102. The van der Waals surface area contributed by atoms with Gasteiger partial charge in [-0.05, 0) is 71.9 Å². The van der Waals surface area contributed by atoms with Gasteiger partial charge in [-0.1, -0.05) is 13.8 Å². The molecule has 1 amide bonds. The summed E-state index contributed by atoms with van der Waals surface area (Å²) in [5, 5.41) is 2.63. The number of amides is 1. The van der Waals surface area contributed by atoms with Crippen molar-refractivity contribution in [3.05, 3.63) is 76.6 Å². The molecule has 1 aromatic heterocycles. The quantitative estimate of drug-likeness (QED) is 0.493. The first-order chi connectivity index (χ1) is 16.8. The second kappa shape index (κ2) is 10.2. The first-order valence-corrected chi connectivity index (χ1v) is 11.5. The predicted octanol–water partition coefficient (Wildman–Crippen LogP) is 5.53. The fourth-order valence-electron chi connectivity index (χ4n) is 4.16. The van der Waals surface area contributed by atoms with Crippen molar-refractivity contribution in [1.82, 2.24) is 4.98 Å². The Morgan fingerprint density at radius 1 is 1.14 bits per heavy atom. The summed E-state index contributed by atoms with van der Waals surface area (Å²) in [6, 6.07) is 9.05. The molecule has 0 atom stereocenters. The van der Waals surface area contributed by atoms with Crippen LogP contribution < -0.4 is 10.2 Å². The predicted molar refractivity (Wildman–Crippen MR) is 134 cm³/mol. The van der Waals surface area contributed by atoms with Crippen molar-refractivity contribution >= 4 is 17.3 Å².